The molecular weight excluding hydrogens is 244 g/mol. The van der Waals surface area contributed by atoms with Gasteiger partial charge in [-0.15, -0.1) is 0 Å². The zero-order chi connectivity index (χ0) is 14.6. The van der Waals surface area contributed by atoms with Crippen molar-refractivity contribution >= 4 is 17.6 Å². The maximum atomic E-state index is 12.1. The molecule has 0 aromatic carbocycles. The van der Waals surface area contributed by atoms with Gasteiger partial charge >= 0.3 is 0 Å². The molecule has 0 bridgehead atoms. The maximum absolute atomic E-state index is 12.1. The van der Waals surface area contributed by atoms with Crippen molar-refractivity contribution in [2.24, 2.45) is 5.73 Å². The van der Waals surface area contributed by atoms with Crippen LogP contribution in [-0.2, 0) is 4.79 Å². The number of aromatic nitrogens is 1. The minimum Gasteiger partial charge on any atom is -0.373 e. The Kier molecular flexibility index (Phi) is 4.47. The van der Waals surface area contributed by atoms with Crippen LogP contribution in [0.15, 0.2) is 12.1 Å². The van der Waals surface area contributed by atoms with Gasteiger partial charge in [0.1, 0.15) is 5.82 Å². The number of nitrogens with zero attached hydrogens (tertiary/aromatic N) is 1. The second-order valence-electron chi connectivity index (χ2n) is 5.11. The third-order valence-electron chi connectivity index (χ3n) is 2.54. The molecule has 2 amide bonds. The first-order chi connectivity index (χ1) is 8.73. The fourth-order valence-electron chi connectivity index (χ4n) is 1.79. The quantitative estimate of drug-likeness (QED) is 0.733. The Hall–Kier alpha value is -2.11. The fraction of sp³-hybridized carbons (Fsp3) is 0.462. The molecule has 6 heteroatoms. The van der Waals surface area contributed by atoms with Gasteiger partial charge in [0.2, 0.25) is 5.91 Å². The minimum absolute atomic E-state index is 0.0850. The van der Waals surface area contributed by atoms with E-state index in [1.165, 1.54) is 0 Å². The Morgan fingerprint density at radius 1 is 1.37 bits per heavy atom. The monoisotopic (exact) mass is 264 g/mol. The summed E-state index contributed by atoms with van der Waals surface area (Å²) in [7, 11) is 1.74. The van der Waals surface area contributed by atoms with E-state index in [1.54, 1.807) is 33.0 Å². The highest BCUT2D eigenvalue weighted by Gasteiger charge is 2.23. The zero-order valence-electron chi connectivity index (χ0n) is 11.7. The largest absolute Gasteiger partial charge is 0.373 e. The van der Waals surface area contributed by atoms with E-state index < -0.39 is 11.4 Å². The number of hydrogen-bond donors (Lipinski definition) is 3. The van der Waals surface area contributed by atoms with Crippen molar-refractivity contribution in [1.29, 1.82) is 0 Å². The zero-order valence-corrected chi connectivity index (χ0v) is 11.7. The van der Waals surface area contributed by atoms with E-state index in [-0.39, 0.29) is 12.3 Å². The van der Waals surface area contributed by atoms with E-state index >= 15 is 0 Å². The summed E-state index contributed by atoms with van der Waals surface area (Å²) in [4.78, 5) is 27.3. The Bertz CT molecular complexity index is 497. The van der Waals surface area contributed by atoms with Crippen LogP contribution in [0.5, 0.6) is 0 Å². The van der Waals surface area contributed by atoms with E-state index in [0.29, 0.717) is 11.4 Å². The van der Waals surface area contributed by atoms with Crippen molar-refractivity contribution < 1.29 is 9.59 Å². The molecule has 0 spiro atoms. The van der Waals surface area contributed by atoms with Gasteiger partial charge in [0, 0.05) is 30.3 Å². The fourth-order valence-corrected chi connectivity index (χ4v) is 1.79. The Balaban J connectivity index is 2.89. The molecule has 1 heterocycles. The van der Waals surface area contributed by atoms with Crippen LogP contribution in [0.3, 0.4) is 0 Å². The minimum atomic E-state index is -0.681. The molecule has 0 aliphatic rings. The predicted octanol–water partition coefficient (Wildman–Crippen LogP) is 0.816. The van der Waals surface area contributed by atoms with Crippen molar-refractivity contribution in [2.45, 2.75) is 32.7 Å². The van der Waals surface area contributed by atoms with Gasteiger partial charge in [-0.05, 0) is 32.9 Å². The molecule has 6 nitrogen and oxygen atoms in total. The first-order valence-electron chi connectivity index (χ1n) is 6.01. The molecule has 1 aromatic rings. The second kappa shape index (κ2) is 5.69. The van der Waals surface area contributed by atoms with Crippen LogP contribution in [0, 0.1) is 6.92 Å². The topological polar surface area (TPSA) is 97.1 Å². The Labute approximate surface area is 112 Å². The number of nitrogens with two attached hydrogens (primary N) is 1. The van der Waals surface area contributed by atoms with E-state index in [4.69, 9.17) is 5.73 Å². The van der Waals surface area contributed by atoms with E-state index in [9.17, 15) is 9.59 Å². The normalized spacial score (nSPS) is 10.9. The molecule has 1 rings (SSSR count). The summed E-state index contributed by atoms with van der Waals surface area (Å²) in [5, 5.41) is 5.68. The number of rotatable bonds is 5. The molecule has 19 heavy (non-hydrogen) atoms. The summed E-state index contributed by atoms with van der Waals surface area (Å²) in [6, 6.07) is 3.35. The van der Waals surface area contributed by atoms with Gasteiger partial charge in [0.25, 0.3) is 5.91 Å². The Morgan fingerprint density at radius 3 is 2.53 bits per heavy atom. The summed E-state index contributed by atoms with van der Waals surface area (Å²) in [5.41, 5.74) is 5.71. The molecule has 0 atom stereocenters. The van der Waals surface area contributed by atoms with Crippen LogP contribution in [0.2, 0.25) is 0 Å². The van der Waals surface area contributed by atoms with Crippen molar-refractivity contribution in [2.75, 3.05) is 12.4 Å². The molecule has 4 N–H and O–H groups in total. The van der Waals surface area contributed by atoms with Gasteiger partial charge in [-0.1, -0.05) is 0 Å². The molecule has 104 valence electrons. The third kappa shape index (κ3) is 4.57. The molecule has 0 aliphatic heterocycles. The van der Waals surface area contributed by atoms with Crippen LogP contribution < -0.4 is 16.4 Å². The first-order valence-corrected chi connectivity index (χ1v) is 6.01. The van der Waals surface area contributed by atoms with Gasteiger partial charge in [0.05, 0.1) is 0 Å². The van der Waals surface area contributed by atoms with Gasteiger partial charge < -0.3 is 16.4 Å². The van der Waals surface area contributed by atoms with Crippen molar-refractivity contribution in [3.8, 4) is 0 Å². The summed E-state index contributed by atoms with van der Waals surface area (Å²) >= 11 is 0. The van der Waals surface area contributed by atoms with Gasteiger partial charge in [-0.2, -0.15) is 0 Å². The van der Waals surface area contributed by atoms with E-state index in [2.05, 4.69) is 15.6 Å². The molecular formula is C13H20N4O2. The average molecular weight is 264 g/mol. The highest BCUT2D eigenvalue weighted by atomic mass is 16.2. The average Bonchev–Trinajstić information content (AvgIpc) is 2.25. The SMILES string of the molecule is CNc1cc(C(=O)NC(C)(C)CC(N)=O)cc(C)n1. The number of amides is 2. The van der Waals surface area contributed by atoms with Crippen LogP contribution >= 0.6 is 0 Å². The molecule has 0 radical (unpaired) electrons. The predicted molar refractivity (Wildman–Crippen MR) is 73.9 cm³/mol. The van der Waals surface area contributed by atoms with E-state index in [1.807, 2.05) is 6.92 Å². The van der Waals surface area contributed by atoms with Gasteiger partial charge in [-0.3, -0.25) is 9.59 Å². The van der Waals surface area contributed by atoms with E-state index in [0.717, 1.165) is 5.69 Å². The number of nitrogens with one attached hydrogen (secondary N) is 2. The Morgan fingerprint density at radius 2 is 2.00 bits per heavy atom. The lowest BCUT2D eigenvalue weighted by Gasteiger charge is -2.24. The van der Waals surface area contributed by atoms with Crippen molar-refractivity contribution in [1.82, 2.24) is 10.3 Å². The number of primary amides is 1. The van der Waals surface area contributed by atoms with Crippen LogP contribution in [-0.4, -0.2) is 29.4 Å². The maximum Gasteiger partial charge on any atom is 0.251 e. The van der Waals surface area contributed by atoms with Crippen LogP contribution in [0.4, 0.5) is 5.82 Å². The number of aryl methyl sites for hydroxylation is 1. The number of pyridine rings is 1. The summed E-state index contributed by atoms with van der Waals surface area (Å²) < 4.78 is 0. The van der Waals surface area contributed by atoms with Crippen LogP contribution in [0.1, 0.15) is 36.3 Å². The van der Waals surface area contributed by atoms with Gasteiger partial charge in [-0.25, -0.2) is 4.98 Å². The van der Waals surface area contributed by atoms with Gasteiger partial charge in [0.15, 0.2) is 0 Å². The summed E-state index contributed by atoms with van der Waals surface area (Å²) in [6.07, 6.45) is 0.0850. The number of carbonyl (C=O) groups is 2. The third-order valence-corrected chi connectivity index (χ3v) is 2.54. The lowest BCUT2D eigenvalue weighted by molar-refractivity contribution is -0.119. The summed E-state index contributed by atoms with van der Waals surface area (Å²) in [5.74, 6) is -0.0850. The molecule has 1 aromatic heterocycles. The van der Waals surface area contributed by atoms with Crippen molar-refractivity contribution in [3.63, 3.8) is 0 Å². The smallest absolute Gasteiger partial charge is 0.251 e. The van der Waals surface area contributed by atoms with Crippen molar-refractivity contribution in [3.05, 3.63) is 23.4 Å². The van der Waals surface area contributed by atoms with Crippen LogP contribution in [0.25, 0.3) is 0 Å². The lowest BCUT2D eigenvalue weighted by atomic mass is 9.99. The molecule has 0 saturated carbocycles. The molecule has 0 aliphatic carbocycles. The highest BCUT2D eigenvalue weighted by Crippen LogP contribution is 2.13. The standard InChI is InChI=1S/C13H20N4O2/c1-8-5-9(6-11(15-4)16-8)12(19)17-13(2,3)7-10(14)18/h5-6H,7H2,1-4H3,(H2,14,18)(H,15,16)(H,17,19). The summed E-state index contributed by atoms with van der Waals surface area (Å²) in [6.45, 7) is 5.32. The molecule has 0 saturated heterocycles. The molecule has 0 fully saturated rings. The number of hydrogen-bond acceptors (Lipinski definition) is 4. The number of anilines is 1. The second-order valence-corrected chi connectivity index (χ2v) is 5.11. The number of carbonyl (C=O) groups excluding carboxylic acids is 2. The first kappa shape index (κ1) is 14.9. The molecule has 0 unspecified atom stereocenters. The highest BCUT2D eigenvalue weighted by molar-refractivity contribution is 5.95. The lowest BCUT2D eigenvalue weighted by Crippen LogP contribution is -2.46.